The van der Waals surface area contributed by atoms with Crippen LogP contribution < -0.4 is 10.6 Å². The zero-order chi connectivity index (χ0) is 14.1. The Bertz CT molecular complexity index is 731. The van der Waals surface area contributed by atoms with Crippen molar-refractivity contribution in [2.24, 2.45) is 0 Å². The first-order valence-corrected chi connectivity index (χ1v) is 7.10. The second-order valence-electron chi connectivity index (χ2n) is 4.69. The lowest BCUT2D eigenvalue weighted by Crippen LogP contribution is -2.29. The Labute approximate surface area is 121 Å². The minimum Gasteiger partial charge on any atom is -0.389 e. The predicted molar refractivity (Wildman–Crippen MR) is 79.4 cm³/mol. The van der Waals surface area contributed by atoms with E-state index in [4.69, 9.17) is 16.3 Å². The number of rotatable bonds is 1. The van der Waals surface area contributed by atoms with Crippen molar-refractivity contribution in [2.75, 3.05) is 17.2 Å². The van der Waals surface area contributed by atoms with Crippen molar-refractivity contribution in [3.8, 4) is 12.1 Å². The maximum Gasteiger partial charge on any atom is 0.104 e. The van der Waals surface area contributed by atoms with E-state index in [0.29, 0.717) is 16.1 Å². The summed E-state index contributed by atoms with van der Waals surface area (Å²) in [5.41, 5.74) is 9.43. The summed E-state index contributed by atoms with van der Waals surface area (Å²) in [5, 5.41) is 18.6. The number of fused-ring (bicyclic) bond motifs is 1. The van der Waals surface area contributed by atoms with Gasteiger partial charge in [-0.1, -0.05) is 0 Å². The van der Waals surface area contributed by atoms with Crippen LogP contribution in [0.2, 0.25) is 0 Å². The molecular formula is C15H12N4S. The van der Waals surface area contributed by atoms with Crippen LogP contribution in [-0.2, 0) is 13.0 Å². The summed E-state index contributed by atoms with van der Waals surface area (Å²) in [5.74, 6) is 0. The van der Waals surface area contributed by atoms with Crippen molar-refractivity contribution >= 4 is 22.0 Å². The van der Waals surface area contributed by atoms with E-state index in [1.54, 1.807) is 0 Å². The molecule has 2 aromatic rings. The maximum atomic E-state index is 9.14. The predicted octanol–water partition coefficient (Wildman–Crippen LogP) is 2.64. The molecule has 1 aliphatic heterocycles. The first kappa shape index (κ1) is 12.5. The van der Waals surface area contributed by atoms with E-state index in [1.165, 1.54) is 16.2 Å². The molecule has 0 amide bonds. The maximum absolute atomic E-state index is 9.14. The third-order valence-electron chi connectivity index (χ3n) is 3.56. The molecule has 0 bridgehead atoms. The zero-order valence-electron chi connectivity index (χ0n) is 10.8. The van der Waals surface area contributed by atoms with Crippen LogP contribution in [0, 0.1) is 22.7 Å². The number of hydrogen-bond acceptors (Lipinski definition) is 5. The van der Waals surface area contributed by atoms with Crippen molar-refractivity contribution in [3.05, 3.63) is 45.8 Å². The topological polar surface area (TPSA) is 76.8 Å². The standard InChI is InChI=1S/C15H12N4S/c16-7-10-1-3-11(4-2-10)19-6-5-12-13(8-17)15(18)20-14(12)9-19/h1-4H,5-6,9,18H2. The van der Waals surface area contributed by atoms with Crippen LogP contribution in [0.4, 0.5) is 10.7 Å². The molecule has 98 valence electrons. The summed E-state index contributed by atoms with van der Waals surface area (Å²) in [6.07, 6.45) is 0.839. The number of nitriles is 2. The van der Waals surface area contributed by atoms with Crippen molar-refractivity contribution in [1.29, 1.82) is 10.5 Å². The minimum absolute atomic E-state index is 0.624. The summed E-state index contributed by atoms with van der Waals surface area (Å²) in [6, 6.07) is 11.9. The first-order chi connectivity index (χ1) is 9.72. The average molecular weight is 280 g/mol. The Morgan fingerprint density at radius 2 is 1.90 bits per heavy atom. The quantitative estimate of drug-likeness (QED) is 0.871. The zero-order valence-corrected chi connectivity index (χ0v) is 11.6. The molecule has 1 aliphatic rings. The van der Waals surface area contributed by atoms with Gasteiger partial charge in [-0.2, -0.15) is 10.5 Å². The molecule has 0 atom stereocenters. The molecule has 0 spiro atoms. The van der Waals surface area contributed by atoms with Gasteiger partial charge in [-0.3, -0.25) is 0 Å². The molecule has 0 saturated heterocycles. The lowest BCUT2D eigenvalue weighted by atomic mass is 10.0. The van der Waals surface area contributed by atoms with E-state index in [1.807, 2.05) is 24.3 Å². The molecule has 2 N–H and O–H groups in total. The number of anilines is 2. The molecule has 0 unspecified atom stereocenters. The Morgan fingerprint density at radius 1 is 1.15 bits per heavy atom. The van der Waals surface area contributed by atoms with E-state index < -0.39 is 0 Å². The van der Waals surface area contributed by atoms with E-state index in [-0.39, 0.29) is 0 Å². The van der Waals surface area contributed by atoms with Gasteiger partial charge >= 0.3 is 0 Å². The van der Waals surface area contributed by atoms with Gasteiger partial charge in [0.2, 0.25) is 0 Å². The van der Waals surface area contributed by atoms with Gasteiger partial charge in [0.1, 0.15) is 11.1 Å². The fourth-order valence-electron chi connectivity index (χ4n) is 2.51. The van der Waals surface area contributed by atoms with Crippen LogP contribution in [0.15, 0.2) is 24.3 Å². The molecule has 1 aromatic carbocycles. The number of nitrogens with zero attached hydrogens (tertiary/aromatic N) is 3. The molecule has 0 fully saturated rings. The monoisotopic (exact) mass is 280 g/mol. The summed E-state index contributed by atoms with van der Waals surface area (Å²) >= 11 is 1.51. The van der Waals surface area contributed by atoms with Crippen molar-refractivity contribution in [2.45, 2.75) is 13.0 Å². The van der Waals surface area contributed by atoms with Crippen molar-refractivity contribution in [1.82, 2.24) is 0 Å². The molecule has 4 nitrogen and oxygen atoms in total. The normalized spacial score (nSPS) is 13.4. The highest BCUT2D eigenvalue weighted by Crippen LogP contribution is 2.35. The average Bonchev–Trinajstić information content (AvgIpc) is 2.81. The van der Waals surface area contributed by atoms with E-state index in [2.05, 4.69) is 17.0 Å². The Morgan fingerprint density at radius 3 is 2.55 bits per heavy atom. The van der Waals surface area contributed by atoms with Gasteiger partial charge < -0.3 is 10.6 Å². The summed E-state index contributed by atoms with van der Waals surface area (Å²) in [7, 11) is 0. The van der Waals surface area contributed by atoms with Crippen molar-refractivity contribution in [3.63, 3.8) is 0 Å². The SMILES string of the molecule is N#Cc1ccc(N2CCc3c(sc(N)c3C#N)C2)cc1. The van der Waals surface area contributed by atoms with E-state index in [0.717, 1.165) is 30.8 Å². The van der Waals surface area contributed by atoms with Gasteiger partial charge in [0.15, 0.2) is 0 Å². The Hall–Kier alpha value is -2.50. The highest BCUT2D eigenvalue weighted by atomic mass is 32.1. The molecule has 20 heavy (non-hydrogen) atoms. The Kier molecular flexibility index (Phi) is 3.06. The third kappa shape index (κ3) is 1.99. The fourth-order valence-corrected chi connectivity index (χ4v) is 3.60. The highest BCUT2D eigenvalue weighted by Gasteiger charge is 2.23. The number of hydrogen-bond donors (Lipinski definition) is 1. The summed E-state index contributed by atoms with van der Waals surface area (Å²) in [4.78, 5) is 3.43. The molecular weight excluding hydrogens is 268 g/mol. The highest BCUT2D eigenvalue weighted by molar-refractivity contribution is 7.16. The smallest absolute Gasteiger partial charge is 0.104 e. The van der Waals surface area contributed by atoms with Gasteiger partial charge in [0.05, 0.1) is 23.7 Å². The van der Waals surface area contributed by atoms with E-state index >= 15 is 0 Å². The van der Waals surface area contributed by atoms with Crippen molar-refractivity contribution < 1.29 is 0 Å². The summed E-state index contributed by atoms with van der Waals surface area (Å²) < 4.78 is 0. The molecule has 1 aromatic heterocycles. The number of thiophene rings is 1. The number of nitrogens with two attached hydrogens (primary N) is 1. The van der Waals surface area contributed by atoms with Crippen LogP contribution in [0.1, 0.15) is 21.6 Å². The molecule has 2 heterocycles. The van der Waals surface area contributed by atoms with Crippen LogP contribution in [0.3, 0.4) is 0 Å². The lowest BCUT2D eigenvalue weighted by Gasteiger charge is -2.29. The molecule has 5 heteroatoms. The largest absolute Gasteiger partial charge is 0.389 e. The fraction of sp³-hybridized carbons (Fsp3) is 0.200. The van der Waals surface area contributed by atoms with E-state index in [9.17, 15) is 0 Å². The van der Waals surface area contributed by atoms with Gasteiger partial charge in [0, 0.05) is 17.1 Å². The second-order valence-corrected chi connectivity index (χ2v) is 5.82. The lowest BCUT2D eigenvalue weighted by molar-refractivity contribution is 0.743. The van der Waals surface area contributed by atoms with Crippen LogP contribution in [0.5, 0.6) is 0 Å². The van der Waals surface area contributed by atoms with Gasteiger partial charge in [-0.25, -0.2) is 0 Å². The van der Waals surface area contributed by atoms with Crippen LogP contribution in [0.25, 0.3) is 0 Å². The van der Waals surface area contributed by atoms with Crippen LogP contribution in [-0.4, -0.2) is 6.54 Å². The summed E-state index contributed by atoms with van der Waals surface area (Å²) in [6.45, 7) is 1.64. The van der Waals surface area contributed by atoms with Crippen LogP contribution >= 0.6 is 11.3 Å². The number of nitrogen functional groups attached to an aromatic ring is 1. The van der Waals surface area contributed by atoms with Gasteiger partial charge in [-0.05, 0) is 36.2 Å². The van der Waals surface area contributed by atoms with Gasteiger partial charge in [-0.15, -0.1) is 11.3 Å². The molecule has 0 aliphatic carbocycles. The minimum atomic E-state index is 0.624. The third-order valence-corrected chi connectivity index (χ3v) is 4.60. The van der Waals surface area contributed by atoms with Gasteiger partial charge in [0.25, 0.3) is 0 Å². The second kappa shape index (κ2) is 4.88. The molecule has 0 radical (unpaired) electrons. The number of benzene rings is 1. The molecule has 0 saturated carbocycles. The Balaban J connectivity index is 1.89. The molecule has 3 rings (SSSR count). The first-order valence-electron chi connectivity index (χ1n) is 6.28.